The van der Waals surface area contributed by atoms with Gasteiger partial charge in [-0.15, -0.1) is 17.9 Å². The molecule has 0 aliphatic rings. The molecule has 0 fully saturated rings. The van der Waals surface area contributed by atoms with Gasteiger partial charge in [0.15, 0.2) is 0 Å². The average molecular weight is 388 g/mol. The third kappa shape index (κ3) is 3.42. The van der Waals surface area contributed by atoms with Gasteiger partial charge < -0.3 is 9.72 Å². The molecule has 4 aromatic rings. The third-order valence-corrected chi connectivity index (χ3v) is 5.21. The van der Waals surface area contributed by atoms with Crippen molar-refractivity contribution in [2.75, 3.05) is 13.7 Å². The second-order valence-electron chi connectivity index (χ2n) is 6.08. The van der Waals surface area contributed by atoms with Crippen LogP contribution in [0.5, 0.6) is 5.75 Å². The molecule has 28 heavy (non-hydrogen) atoms. The highest BCUT2D eigenvalue weighted by Gasteiger charge is 2.12. The Labute approximate surface area is 167 Å². The second kappa shape index (κ2) is 8.10. The van der Waals surface area contributed by atoms with E-state index in [1.54, 1.807) is 24.5 Å². The van der Waals surface area contributed by atoms with E-state index in [4.69, 9.17) is 9.84 Å². The Kier molecular flexibility index (Phi) is 5.21. The molecule has 0 saturated carbocycles. The van der Waals surface area contributed by atoms with Gasteiger partial charge in [0, 0.05) is 33.6 Å². The predicted molar refractivity (Wildman–Crippen MR) is 116 cm³/mol. The van der Waals surface area contributed by atoms with Gasteiger partial charge in [0.2, 0.25) is 4.80 Å². The number of methoxy groups -OCH3 is 1. The summed E-state index contributed by atoms with van der Waals surface area (Å²) >= 11 is 1.54. The average Bonchev–Trinajstić information content (AvgIpc) is 3.34. The standard InChI is InChI=1S/C22H20N4OS/c1-3-12-23-22-26(20(15-28-22)18-9-5-7-11-21(18)27-2)25-14-16-13-24-19-10-6-4-8-17(16)19/h3-11,13-15,24H,1,12H2,2H3. The Bertz CT molecular complexity index is 1210. The van der Waals surface area contributed by atoms with Crippen molar-refractivity contribution in [3.63, 3.8) is 0 Å². The molecule has 2 aromatic heterocycles. The van der Waals surface area contributed by atoms with Crippen molar-refractivity contribution in [1.29, 1.82) is 0 Å². The number of hydrogen-bond donors (Lipinski definition) is 1. The van der Waals surface area contributed by atoms with Crippen LogP contribution in [0, 0.1) is 0 Å². The summed E-state index contributed by atoms with van der Waals surface area (Å²) in [6, 6.07) is 16.1. The summed E-state index contributed by atoms with van der Waals surface area (Å²) in [5.41, 5.74) is 4.01. The van der Waals surface area contributed by atoms with Crippen molar-refractivity contribution >= 4 is 28.5 Å². The molecule has 2 heterocycles. The molecule has 140 valence electrons. The lowest BCUT2D eigenvalue weighted by Gasteiger charge is -2.08. The van der Waals surface area contributed by atoms with E-state index < -0.39 is 0 Å². The topological polar surface area (TPSA) is 54.7 Å². The van der Waals surface area contributed by atoms with E-state index in [0.717, 1.165) is 38.3 Å². The normalized spacial score (nSPS) is 12.1. The zero-order valence-electron chi connectivity index (χ0n) is 15.5. The first-order chi connectivity index (χ1) is 13.8. The van der Waals surface area contributed by atoms with Crippen molar-refractivity contribution < 1.29 is 4.74 Å². The summed E-state index contributed by atoms with van der Waals surface area (Å²) in [5, 5.41) is 7.94. The van der Waals surface area contributed by atoms with Gasteiger partial charge in [-0.2, -0.15) is 5.10 Å². The number of aromatic nitrogens is 2. The number of thiazole rings is 1. The van der Waals surface area contributed by atoms with Crippen molar-refractivity contribution in [1.82, 2.24) is 9.66 Å². The van der Waals surface area contributed by atoms with E-state index in [1.165, 1.54) is 0 Å². The zero-order valence-corrected chi connectivity index (χ0v) is 16.3. The van der Waals surface area contributed by atoms with Gasteiger partial charge in [0.1, 0.15) is 5.75 Å². The highest BCUT2D eigenvalue weighted by molar-refractivity contribution is 7.07. The number of hydrogen-bond acceptors (Lipinski definition) is 4. The number of H-pyrrole nitrogens is 1. The Morgan fingerprint density at radius 1 is 1.18 bits per heavy atom. The number of ether oxygens (including phenoxy) is 1. The maximum absolute atomic E-state index is 5.54. The van der Waals surface area contributed by atoms with E-state index in [-0.39, 0.29) is 0 Å². The summed E-state index contributed by atoms with van der Waals surface area (Å²) in [6.07, 6.45) is 5.60. The molecule has 0 amide bonds. The maximum atomic E-state index is 5.54. The molecule has 0 aliphatic carbocycles. The van der Waals surface area contributed by atoms with Crippen LogP contribution in [0.15, 0.2) is 82.9 Å². The fourth-order valence-corrected chi connectivity index (χ4v) is 3.86. The molecule has 0 spiro atoms. The van der Waals surface area contributed by atoms with Gasteiger partial charge in [0.05, 0.1) is 25.6 Å². The molecule has 4 rings (SSSR count). The highest BCUT2D eigenvalue weighted by atomic mass is 32.1. The smallest absolute Gasteiger partial charge is 0.206 e. The molecular weight excluding hydrogens is 368 g/mol. The monoisotopic (exact) mass is 388 g/mol. The summed E-state index contributed by atoms with van der Waals surface area (Å²) < 4.78 is 7.40. The van der Waals surface area contributed by atoms with Crippen LogP contribution in [-0.4, -0.2) is 29.5 Å². The van der Waals surface area contributed by atoms with E-state index in [2.05, 4.69) is 28.7 Å². The second-order valence-corrected chi connectivity index (χ2v) is 6.92. The number of nitrogens with one attached hydrogen (secondary N) is 1. The van der Waals surface area contributed by atoms with Gasteiger partial charge in [-0.1, -0.05) is 36.4 Å². The molecule has 6 heteroatoms. The first-order valence-electron chi connectivity index (χ1n) is 8.87. The van der Waals surface area contributed by atoms with Gasteiger partial charge in [-0.3, -0.25) is 4.99 Å². The van der Waals surface area contributed by atoms with Crippen molar-refractivity contribution in [3.05, 3.63) is 83.1 Å². The van der Waals surface area contributed by atoms with E-state index >= 15 is 0 Å². The first-order valence-corrected chi connectivity index (χ1v) is 9.75. The molecule has 0 saturated heterocycles. The van der Waals surface area contributed by atoms with Crippen LogP contribution in [0.3, 0.4) is 0 Å². The quantitative estimate of drug-likeness (QED) is 0.379. The summed E-state index contributed by atoms with van der Waals surface area (Å²) in [5.74, 6) is 0.798. The van der Waals surface area contributed by atoms with Gasteiger partial charge in [0.25, 0.3) is 0 Å². The lowest BCUT2D eigenvalue weighted by atomic mass is 10.1. The summed E-state index contributed by atoms with van der Waals surface area (Å²) in [4.78, 5) is 8.67. The number of rotatable bonds is 6. The molecule has 0 bridgehead atoms. The van der Waals surface area contributed by atoms with E-state index in [9.17, 15) is 0 Å². The van der Waals surface area contributed by atoms with E-state index in [0.29, 0.717) is 6.54 Å². The molecule has 0 unspecified atom stereocenters. The van der Waals surface area contributed by atoms with Crippen LogP contribution in [0.25, 0.3) is 22.2 Å². The molecule has 0 radical (unpaired) electrons. The fraction of sp³-hybridized carbons (Fsp3) is 0.0909. The first kappa shape index (κ1) is 18.0. The highest BCUT2D eigenvalue weighted by Crippen LogP contribution is 2.30. The van der Waals surface area contributed by atoms with Crippen LogP contribution in [0.1, 0.15) is 5.56 Å². The predicted octanol–water partition coefficient (Wildman–Crippen LogP) is 4.68. The molecule has 0 atom stereocenters. The minimum Gasteiger partial charge on any atom is -0.496 e. The molecule has 0 aliphatic heterocycles. The number of para-hydroxylation sites is 2. The number of benzene rings is 2. The Hall–Kier alpha value is -3.38. The van der Waals surface area contributed by atoms with Crippen LogP contribution < -0.4 is 9.54 Å². The van der Waals surface area contributed by atoms with Gasteiger partial charge >= 0.3 is 0 Å². The zero-order chi connectivity index (χ0) is 19.3. The van der Waals surface area contributed by atoms with Crippen LogP contribution in [0.4, 0.5) is 0 Å². The molecule has 1 N–H and O–H groups in total. The minimum absolute atomic E-state index is 0.536. The number of fused-ring (bicyclic) bond motifs is 1. The maximum Gasteiger partial charge on any atom is 0.206 e. The SMILES string of the molecule is C=CCN=c1scc(-c2ccccc2OC)n1N=Cc1c[nH]c2ccccc12. The van der Waals surface area contributed by atoms with Crippen molar-refractivity contribution in [2.24, 2.45) is 10.1 Å². The lowest BCUT2D eigenvalue weighted by molar-refractivity contribution is 0.416. The Morgan fingerprint density at radius 2 is 2.00 bits per heavy atom. The number of aromatic amines is 1. The minimum atomic E-state index is 0.536. The van der Waals surface area contributed by atoms with Crippen molar-refractivity contribution in [3.8, 4) is 17.0 Å². The Balaban J connectivity index is 1.84. The fourth-order valence-electron chi connectivity index (χ4n) is 3.02. The summed E-state index contributed by atoms with van der Waals surface area (Å²) in [7, 11) is 1.67. The van der Waals surface area contributed by atoms with Crippen LogP contribution in [-0.2, 0) is 0 Å². The van der Waals surface area contributed by atoms with Crippen LogP contribution >= 0.6 is 11.3 Å². The van der Waals surface area contributed by atoms with E-state index in [1.807, 2.05) is 58.9 Å². The molecule has 2 aromatic carbocycles. The van der Waals surface area contributed by atoms with Gasteiger partial charge in [-0.25, -0.2) is 4.68 Å². The summed E-state index contributed by atoms with van der Waals surface area (Å²) in [6.45, 7) is 4.29. The van der Waals surface area contributed by atoms with Gasteiger partial charge in [-0.05, 0) is 18.2 Å². The lowest BCUT2D eigenvalue weighted by Crippen LogP contribution is -2.12. The van der Waals surface area contributed by atoms with Crippen LogP contribution in [0.2, 0.25) is 0 Å². The molecular formula is C22H20N4OS. The Morgan fingerprint density at radius 3 is 2.86 bits per heavy atom. The molecule has 5 nitrogen and oxygen atoms in total. The largest absolute Gasteiger partial charge is 0.496 e. The third-order valence-electron chi connectivity index (χ3n) is 4.36. The number of nitrogens with zero attached hydrogens (tertiary/aromatic N) is 3. The van der Waals surface area contributed by atoms with Crippen molar-refractivity contribution in [2.45, 2.75) is 0 Å².